The molecule has 0 unspecified atom stereocenters. The number of methoxy groups -OCH3 is 2. The van der Waals surface area contributed by atoms with E-state index in [-0.39, 0.29) is 30.6 Å². The fraction of sp³-hybridized carbons (Fsp3) is 0.935. The van der Waals surface area contributed by atoms with Gasteiger partial charge in [-0.25, -0.2) is 0 Å². The van der Waals surface area contributed by atoms with Crippen molar-refractivity contribution in [2.75, 3.05) is 73.3 Å². The van der Waals surface area contributed by atoms with E-state index >= 15 is 0 Å². The molecule has 1 heterocycles. The Morgan fingerprint density at radius 2 is 1.40 bits per heavy atom. The topological polar surface area (TPSA) is 122 Å². The van der Waals surface area contributed by atoms with E-state index in [4.69, 9.17) is 18.9 Å². The fourth-order valence-corrected chi connectivity index (χ4v) is 6.42. The minimum Gasteiger partial charge on any atom is -0.459 e. The first-order valence-corrected chi connectivity index (χ1v) is 16.2. The highest BCUT2D eigenvalue weighted by atomic mass is 16.6. The van der Waals surface area contributed by atoms with Gasteiger partial charge in [-0.2, -0.15) is 0 Å². The van der Waals surface area contributed by atoms with E-state index in [9.17, 15) is 9.59 Å². The summed E-state index contributed by atoms with van der Waals surface area (Å²) in [6.07, 6.45) is 8.81. The molecule has 0 atom stereocenters. The molecule has 0 aromatic rings. The number of ether oxygens (including phenoxy) is 4. The van der Waals surface area contributed by atoms with E-state index in [1.165, 1.54) is 0 Å². The van der Waals surface area contributed by atoms with Gasteiger partial charge >= 0.3 is 5.97 Å². The number of hydrogen-bond donors (Lipinski definition) is 4. The molecule has 244 valence electrons. The lowest BCUT2D eigenvalue weighted by molar-refractivity contribution is -0.154. The highest BCUT2D eigenvalue weighted by Gasteiger charge is 2.34. The van der Waals surface area contributed by atoms with E-state index in [1.807, 2.05) is 20.8 Å². The molecular weight excluding hydrogens is 538 g/mol. The van der Waals surface area contributed by atoms with Crippen molar-refractivity contribution in [1.29, 1.82) is 0 Å². The molecule has 3 fully saturated rings. The minimum atomic E-state index is -0.539. The Morgan fingerprint density at radius 1 is 0.810 bits per heavy atom. The molecule has 1 aliphatic heterocycles. The predicted molar refractivity (Wildman–Crippen MR) is 163 cm³/mol. The van der Waals surface area contributed by atoms with E-state index in [0.717, 1.165) is 104 Å². The summed E-state index contributed by atoms with van der Waals surface area (Å²) in [5.74, 6) is 0.781. The number of carbonyl (C=O) groups is 2. The van der Waals surface area contributed by atoms with Gasteiger partial charge in [-0.05, 0) is 84.0 Å². The lowest BCUT2D eigenvalue weighted by Gasteiger charge is -2.40. The first kappa shape index (κ1) is 35.1. The molecule has 2 aliphatic carbocycles. The van der Waals surface area contributed by atoms with Crippen LogP contribution in [0.1, 0.15) is 72.1 Å². The minimum absolute atomic E-state index is 0.00743. The van der Waals surface area contributed by atoms with Gasteiger partial charge in [0.15, 0.2) is 0 Å². The predicted octanol–water partition coefficient (Wildman–Crippen LogP) is 1.86. The molecule has 0 radical (unpaired) electrons. The SMILES string of the molecule is COCCN(CCOC)CCOC1CCC(NC2NCC(C3CCC(C(=O)NCC(=O)OC(C)(C)C)CC3)CN2)CC1. The highest BCUT2D eigenvalue weighted by molar-refractivity contribution is 5.83. The molecule has 1 saturated heterocycles. The summed E-state index contributed by atoms with van der Waals surface area (Å²) in [6, 6.07) is 0.501. The van der Waals surface area contributed by atoms with Crippen molar-refractivity contribution in [1.82, 2.24) is 26.2 Å². The summed E-state index contributed by atoms with van der Waals surface area (Å²) in [6.45, 7) is 12.3. The van der Waals surface area contributed by atoms with Crippen LogP contribution in [-0.4, -0.2) is 114 Å². The number of nitrogens with one attached hydrogen (secondary N) is 4. The molecular formula is C31H59N5O6. The Bertz CT molecular complexity index is 764. The molecule has 11 heteroatoms. The molecule has 4 N–H and O–H groups in total. The largest absolute Gasteiger partial charge is 0.459 e. The van der Waals surface area contributed by atoms with Crippen molar-refractivity contribution < 1.29 is 28.5 Å². The molecule has 0 bridgehead atoms. The molecule has 11 nitrogen and oxygen atoms in total. The van der Waals surface area contributed by atoms with Crippen molar-refractivity contribution in [2.45, 2.75) is 96.2 Å². The summed E-state index contributed by atoms with van der Waals surface area (Å²) in [7, 11) is 3.48. The first-order valence-electron chi connectivity index (χ1n) is 16.2. The Hall–Kier alpha value is -1.34. The van der Waals surface area contributed by atoms with Crippen molar-refractivity contribution in [3.05, 3.63) is 0 Å². The standard InChI is InChI=1S/C31H59N5O6/c1-31(2,3)42-28(37)22-32-29(38)24-8-6-23(7-9-24)25-20-33-30(34-21-25)35-26-10-12-27(13-11-26)41-19-16-36(14-17-39-4)15-18-40-5/h23-27,30,33-35H,6-22H2,1-5H3,(H,32,38). The zero-order chi connectivity index (χ0) is 30.4. The Kier molecular flexibility index (Phi) is 15.4. The third-order valence-electron chi connectivity index (χ3n) is 8.87. The molecule has 42 heavy (non-hydrogen) atoms. The Balaban J connectivity index is 1.25. The third-order valence-corrected chi connectivity index (χ3v) is 8.87. The average Bonchev–Trinajstić information content (AvgIpc) is 2.97. The second kappa shape index (κ2) is 18.5. The lowest BCUT2D eigenvalue weighted by Crippen LogP contribution is -2.63. The van der Waals surface area contributed by atoms with Crippen LogP contribution in [0.2, 0.25) is 0 Å². The molecule has 1 amide bonds. The maximum absolute atomic E-state index is 12.6. The van der Waals surface area contributed by atoms with Crippen LogP contribution in [0, 0.1) is 17.8 Å². The van der Waals surface area contributed by atoms with Crippen molar-refractivity contribution in [3.8, 4) is 0 Å². The monoisotopic (exact) mass is 597 g/mol. The maximum atomic E-state index is 12.6. The molecule has 3 aliphatic rings. The van der Waals surface area contributed by atoms with Gasteiger partial charge in [-0.3, -0.25) is 30.4 Å². The molecule has 0 spiro atoms. The number of amides is 1. The summed E-state index contributed by atoms with van der Waals surface area (Å²) in [4.78, 5) is 26.8. The van der Waals surface area contributed by atoms with Crippen LogP contribution in [0.4, 0.5) is 0 Å². The van der Waals surface area contributed by atoms with Crippen molar-refractivity contribution in [2.24, 2.45) is 17.8 Å². The molecule has 0 aromatic carbocycles. The van der Waals surface area contributed by atoms with Gasteiger partial charge < -0.3 is 24.3 Å². The highest BCUT2D eigenvalue weighted by Crippen LogP contribution is 2.34. The summed E-state index contributed by atoms with van der Waals surface area (Å²) >= 11 is 0. The quantitative estimate of drug-likeness (QED) is 0.196. The van der Waals surface area contributed by atoms with Gasteiger partial charge in [-0.15, -0.1) is 0 Å². The smallest absolute Gasteiger partial charge is 0.325 e. The third kappa shape index (κ3) is 13.1. The van der Waals surface area contributed by atoms with E-state index < -0.39 is 5.60 Å². The van der Waals surface area contributed by atoms with Crippen LogP contribution in [-0.2, 0) is 28.5 Å². The zero-order valence-electron chi connectivity index (χ0n) is 26.9. The van der Waals surface area contributed by atoms with E-state index in [2.05, 4.69) is 26.2 Å². The van der Waals surface area contributed by atoms with Crippen LogP contribution in [0.25, 0.3) is 0 Å². The number of carbonyl (C=O) groups excluding carboxylic acids is 2. The van der Waals surface area contributed by atoms with Gasteiger partial charge in [-0.1, -0.05) is 0 Å². The number of hydrogen-bond acceptors (Lipinski definition) is 10. The van der Waals surface area contributed by atoms with Crippen molar-refractivity contribution in [3.63, 3.8) is 0 Å². The summed E-state index contributed by atoms with van der Waals surface area (Å²) in [5, 5.41) is 13.9. The van der Waals surface area contributed by atoms with Gasteiger partial charge in [0.2, 0.25) is 5.91 Å². The van der Waals surface area contributed by atoms with Crippen LogP contribution < -0.4 is 21.3 Å². The summed E-state index contributed by atoms with van der Waals surface area (Å²) < 4.78 is 22.0. The van der Waals surface area contributed by atoms with E-state index in [0.29, 0.717) is 24.0 Å². The maximum Gasteiger partial charge on any atom is 0.325 e. The number of nitrogens with zero attached hydrogens (tertiary/aromatic N) is 1. The average molecular weight is 598 g/mol. The van der Waals surface area contributed by atoms with Crippen LogP contribution in [0.15, 0.2) is 0 Å². The zero-order valence-corrected chi connectivity index (χ0v) is 26.9. The number of rotatable bonds is 16. The Labute approximate surface area is 253 Å². The van der Waals surface area contributed by atoms with Gasteiger partial charge in [0, 0.05) is 58.9 Å². The van der Waals surface area contributed by atoms with E-state index in [1.54, 1.807) is 14.2 Å². The van der Waals surface area contributed by atoms with Gasteiger partial charge in [0.05, 0.1) is 25.9 Å². The molecule has 0 aromatic heterocycles. The molecule has 2 saturated carbocycles. The van der Waals surface area contributed by atoms with Gasteiger partial charge in [0.1, 0.15) is 18.4 Å². The van der Waals surface area contributed by atoms with Crippen LogP contribution >= 0.6 is 0 Å². The fourth-order valence-electron chi connectivity index (χ4n) is 6.42. The lowest BCUT2D eigenvalue weighted by atomic mass is 9.75. The first-order chi connectivity index (χ1) is 20.2. The second-order valence-corrected chi connectivity index (χ2v) is 13.3. The van der Waals surface area contributed by atoms with Gasteiger partial charge in [0.25, 0.3) is 0 Å². The van der Waals surface area contributed by atoms with Crippen molar-refractivity contribution >= 4 is 11.9 Å². The molecule has 3 rings (SSSR count). The van der Waals surface area contributed by atoms with Crippen LogP contribution in [0.3, 0.4) is 0 Å². The summed E-state index contributed by atoms with van der Waals surface area (Å²) in [5.41, 5.74) is -0.539. The Morgan fingerprint density at radius 3 is 1.98 bits per heavy atom. The normalized spacial score (nSPS) is 28.9. The second-order valence-electron chi connectivity index (χ2n) is 13.3. The number of esters is 1. The van der Waals surface area contributed by atoms with Crippen LogP contribution in [0.5, 0.6) is 0 Å².